The number of anilines is 2. The van der Waals surface area contributed by atoms with Crippen molar-refractivity contribution < 1.29 is 23.9 Å². The highest BCUT2D eigenvalue weighted by Gasteiger charge is 2.36. The zero-order valence-corrected chi connectivity index (χ0v) is 19.4. The average Bonchev–Trinajstić information content (AvgIpc) is 2.77. The number of amides is 3. The summed E-state index contributed by atoms with van der Waals surface area (Å²) in [7, 11) is 1.33. The maximum atomic E-state index is 12.8. The molecule has 2 heterocycles. The van der Waals surface area contributed by atoms with E-state index in [1.54, 1.807) is 35.9 Å². The average molecular weight is 455 g/mol. The van der Waals surface area contributed by atoms with E-state index in [1.807, 2.05) is 31.2 Å². The minimum absolute atomic E-state index is 0.272. The van der Waals surface area contributed by atoms with Crippen LogP contribution in [0.5, 0.6) is 0 Å². The number of rotatable bonds is 6. The second-order valence-corrected chi connectivity index (χ2v) is 8.29. The summed E-state index contributed by atoms with van der Waals surface area (Å²) in [5, 5.41) is 0. The number of ether oxygens (including phenoxy) is 2. The number of hydrogen-bond donors (Lipinski definition) is 1. The lowest BCUT2D eigenvalue weighted by Gasteiger charge is -2.40. The highest BCUT2D eigenvalue weighted by atomic mass is 16.6. The van der Waals surface area contributed by atoms with E-state index in [0.717, 1.165) is 16.8 Å². The Morgan fingerprint density at radius 2 is 1.85 bits per heavy atom. The van der Waals surface area contributed by atoms with E-state index in [4.69, 9.17) is 15.2 Å². The van der Waals surface area contributed by atoms with E-state index in [-0.39, 0.29) is 24.6 Å². The number of nitrogens with zero attached hydrogens (tertiary/aromatic N) is 3. The standard InChI is InChI=1S/C24H30N4O5/c1-15(2)33-23(30)27-14-16(3)28(24(31)32-4)20-11-9-17(12-21(20)27)18-8-10-19(26-13-18)6-5-7-22(25)29/h8-13,15-16H,5-7,14H2,1-4H3,(H2,25,29). The Morgan fingerprint density at radius 3 is 2.45 bits per heavy atom. The van der Waals surface area contributed by atoms with Gasteiger partial charge >= 0.3 is 12.2 Å². The molecule has 0 bridgehead atoms. The van der Waals surface area contributed by atoms with Crippen LogP contribution in [-0.4, -0.2) is 48.9 Å². The van der Waals surface area contributed by atoms with Gasteiger partial charge in [0.25, 0.3) is 0 Å². The summed E-state index contributed by atoms with van der Waals surface area (Å²) >= 11 is 0. The number of benzene rings is 1. The van der Waals surface area contributed by atoms with Crippen molar-refractivity contribution in [3.63, 3.8) is 0 Å². The lowest BCUT2D eigenvalue weighted by Crippen LogP contribution is -2.52. The van der Waals surface area contributed by atoms with Crippen LogP contribution in [0.1, 0.15) is 39.3 Å². The van der Waals surface area contributed by atoms with Crippen LogP contribution in [0.2, 0.25) is 0 Å². The van der Waals surface area contributed by atoms with Crippen molar-refractivity contribution in [1.82, 2.24) is 4.98 Å². The molecule has 1 aliphatic rings. The smallest absolute Gasteiger partial charge is 0.414 e. The fourth-order valence-corrected chi connectivity index (χ4v) is 3.81. The van der Waals surface area contributed by atoms with E-state index in [1.165, 1.54) is 7.11 Å². The summed E-state index contributed by atoms with van der Waals surface area (Å²) in [6.45, 7) is 5.71. The zero-order valence-electron chi connectivity index (χ0n) is 19.4. The maximum Gasteiger partial charge on any atom is 0.414 e. The van der Waals surface area contributed by atoms with Gasteiger partial charge < -0.3 is 15.2 Å². The van der Waals surface area contributed by atoms with Gasteiger partial charge in [-0.1, -0.05) is 12.1 Å². The summed E-state index contributed by atoms with van der Waals surface area (Å²) in [4.78, 5) is 43.8. The van der Waals surface area contributed by atoms with E-state index in [9.17, 15) is 14.4 Å². The van der Waals surface area contributed by atoms with Gasteiger partial charge in [-0.3, -0.25) is 19.6 Å². The van der Waals surface area contributed by atoms with Crippen LogP contribution in [0.15, 0.2) is 36.5 Å². The molecule has 2 aromatic rings. The third kappa shape index (κ3) is 5.60. The van der Waals surface area contributed by atoms with Crippen LogP contribution in [0.3, 0.4) is 0 Å². The fourth-order valence-electron chi connectivity index (χ4n) is 3.81. The van der Waals surface area contributed by atoms with E-state index in [2.05, 4.69) is 4.98 Å². The van der Waals surface area contributed by atoms with E-state index in [0.29, 0.717) is 30.6 Å². The lowest BCUT2D eigenvalue weighted by atomic mass is 10.0. The van der Waals surface area contributed by atoms with E-state index < -0.39 is 12.2 Å². The molecule has 1 unspecified atom stereocenters. The second-order valence-electron chi connectivity index (χ2n) is 8.29. The first-order valence-electron chi connectivity index (χ1n) is 10.9. The topological polar surface area (TPSA) is 115 Å². The molecule has 3 rings (SSSR count). The molecule has 1 aromatic carbocycles. The summed E-state index contributed by atoms with van der Waals surface area (Å²) in [5.41, 5.74) is 8.89. The third-order valence-electron chi connectivity index (χ3n) is 5.36. The van der Waals surface area contributed by atoms with Crippen LogP contribution in [0.4, 0.5) is 21.0 Å². The van der Waals surface area contributed by atoms with Gasteiger partial charge in [-0.25, -0.2) is 9.59 Å². The van der Waals surface area contributed by atoms with Crippen molar-refractivity contribution in [2.75, 3.05) is 23.5 Å². The highest BCUT2D eigenvalue weighted by molar-refractivity contribution is 6.01. The Kier molecular flexibility index (Phi) is 7.52. The Bertz CT molecular complexity index is 1020. The molecule has 3 amide bonds. The molecule has 0 spiro atoms. The first-order chi connectivity index (χ1) is 15.7. The molecule has 9 heteroatoms. The predicted octanol–water partition coefficient (Wildman–Crippen LogP) is 3.88. The molecular weight excluding hydrogens is 424 g/mol. The van der Waals surface area contributed by atoms with Crippen LogP contribution in [0, 0.1) is 0 Å². The van der Waals surface area contributed by atoms with Crippen molar-refractivity contribution in [2.45, 2.75) is 52.2 Å². The molecule has 9 nitrogen and oxygen atoms in total. The number of nitrogens with two attached hydrogens (primary N) is 1. The first-order valence-corrected chi connectivity index (χ1v) is 10.9. The SMILES string of the molecule is COC(=O)N1c2ccc(-c3ccc(CCCC(N)=O)nc3)cc2N(C(=O)OC(C)C)CC1C. The molecule has 176 valence electrons. The van der Waals surface area contributed by atoms with Gasteiger partial charge in [0.2, 0.25) is 5.91 Å². The molecule has 0 aliphatic carbocycles. The number of hydrogen-bond acceptors (Lipinski definition) is 6. The van der Waals surface area contributed by atoms with Gasteiger partial charge in [0.15, 0.2) is 0 Å². The molecule has 0 saturated heterocycles. The van der Waals surface area contributed by atoms with Gasteiger partial charge in [0.1, 0.15) is 0 Å². The number of methoxy groups -OCH3 is 1. The molecule has 0 saturated carbocycles. The molecule has 1 aromatic heterocycles. The van der Waals surface area contributed by atoms with Crippen molar-refractivity contribution in [3.05, 3.63) is 42.2 Å². The second kappa shape index (κ2) is 10.3. The van der Waals surface area contributed by atoms with Crippen LogP contribution < -0.4 is 15.5 Å². The number of carbonyl (C=O) groups excluding carboxylic acids is 3. The molecule has 33 heavy (non-hydrogen) atoms. The number of pyridine rings is 1. The number of aryl methyl sites for hydroxylation is 1. The molecule has 2 N–H and O–H groups in total. The Hall–Kier alpha value is -3.62. The van der Waals surface area contributed by atoms with E-state index >= 15 is 0 Å². The zero-order chi connectivity index (χ0) is 24.1. The summed E-state index contributed by atoms with van der Waals surface area (Å²) in [6, 6.07) is 9.08. The van der Waals surface area contributed by atoms with Gasteiger partial charge in [-0.05, 0) is 57.4 Å². The summed E-state index contributed by atoms with van der Waals surface area (Å²) in [5.74, 6) is -0.323. The minimum Gasteiger partial charge on any atom is -0.452 e. The third-order valence-corrected chi connectivity index (χ3v) is 5.36. The van der Waals surface area contributed by atoms with Gasteiger partial charge in [-0.2, -0.15) is 0 Å². The van der Waals surface area contributed by atoms with Gasteiger partial charge in [0.05, 0.1) is 37.2 Å². The Morgan fingerprint density at radius 1 is 1.12 bits per heavy atom. The lowest BCUT2D eigenvalue weighted by molar-refractivity contribution is -0.118. The quantitative estimate of drug-likeness (QED) is 0.708. The number of primary amides is 1. The van der Waals surface area contributed by atoms with Crippen LogP contribution in [0.25, 0.3) is 11.1 Å². The molecule has 0 radical (unpaired) electrons. The maximum absolute atomic E-state index is 12.8. The van der Waals surface area contributed by atoms with Crippen molar-refractivity contribution in [3.8, 4) is 11.1 Å². The minimum atomic E-state index is -0.490. The summed E-state index contributed by atoms with van der Waals surface area (Å²) in [6.07, 6.45) is 2.15. The monoisotopic (exact) mass is 454 g/mol. The number of fused-ring (bicyclic) bond motifs is 1. The first kappa shape index (κ1) is 24.0. The van der Waals surface area contributed by atoms with Gasteiger partial charge in [-0.15, -0.1) is 0 Å². The molecule has 1 aliphatic heterocycles. The fraction of sp³-hybridized carbons (Fsp3) is 0.417. The van der Waals surface area contributed by atoms with Crippen molar-refractivity contribution in [2.24, 2.45) is 5.73 Å². The van der Waals surface area contributed by atoms with Gasteiger partial charge in [0, 0.05) is 23.9 Å². The predicted molar refractivity (Wildman–Crippen MR) is 125 cm³/mol. The van der Waals surface area contributed by atoms with Crippen molar-refractivity contribution >= 4 is 29.5 Å². The Balaban J connectivity index is 1.94. The number of aromatic nitrogens is 1. The largest absolute Gasteiger partial charge is 0.452 e. The summed E-state index contributed by atoms with van der Waals surface area (Å²) < 4.78 is 10.4. The van der Waals surface area contributed by atoms with Crippen molar-refractivity contribution in [1.29, 1.82) is 0 Å². The number of carbonyl (C=O) groups is 3. The molecule has 0 fully saturated rings. The van der Waals surface area contributed by atoms with Crippen LogP contribution in [-0.2, 0) is 20.7 Å². The Labute approximate surface area is 193 Å². The normalized spacial score (nSPS) is 15.2. The molecular formula is C24H30N4O5. The highest BCUT2D eigenvalue weighted by Crippen LogP contribution is 2.39. The van der Waals surface area contributed by atoms with Crippen LogP contribution >= 0.6 is 0 Å². The molecule has 1 atom stereocenters.